The zero-order chi connectivity index (χ0) is 14.6. The number of nitrogens with zero attached hydrogens (tertiary/aromatic N) is 1. The molecule has 2 unspecified atom stereocenters. The van der Waals surface area contributed by atoms with E-state index in [0.29, 0.717) is 12.5 Å². The van der Waals surface area contributed by atoms with Gasteiger partial charge >= 0.3 is 0 Å². The molecule has 1 aromatic rings. The van der Waals surface area contributed by atoms with Crippen LogP contribution in [-0.4, -0.2) is 39.8 Å². The molecule has 0 heterocycles. The second kappa shape index (κ2) is 6.78. The number of ether oxygens (including phenoxy) is 2. The van der Waals surface area contributed by atoms with Gasteiger partial charge < -0.3 is 20.1 Å². The highest BCUT2D eigenvalue weighted by atomic mass is 16.5. The van der Waals surface area contributed by atoms with Crippen LogP contribution in [0.3, 0.4) is 0 Å². The second-order valence-corrected chi connectivity index (χ2v) is 5.14. The highest BCUT2D eigenvalue weighted by Gasteiger charge is 2.25. The molecule has 0 saturated heterocycles. The lowest BCUT2D eigenvalue weighted by Crippen LogP contribution is -2.30. The number of rotatable bonds is 6. The van der Waals surface area contributed by atoms with Crippen LogP contribution in [0.5, 0.6) is 11.5 Å². The Labute approximate surface area is 116 Å². The summed E-state index contributed by atoms with van der Waals surface area (Å²) in [7, 11) is 7.50. The summed E-state index contributed by atoms with van der Waals surface area (Å²) in [6.45, 7) is 4.81. The molecule has 0 radical (unpaired) electrons. The summed E-state index contributed by atoms with van der Waals surface area (Å²) in [5.41, 5.74) is 8.02. The number of nitrogens with two attached hydrogens (primary N) is 1. The van der Waals surface area contributed by atoms with Crippen LogP contribution in [0.1, 0.15) is 24.1 Å². The average Bonchev–Trinajstić information content (AvgIpc) is 2.38. The summed E-state index contributed by atoms with van der Waals surface area (Å²) in [5.74, 6) is 2.08. The zero-order valence-electron chi connectivity index (χ0n) is 12.9. The fraction of sp³-hybridized carbons (Fsp3) is 0.600. The van der Waals surface area contributed by atoms with Gasteiger partial charge in [-0.05, 0) is 39.5 Å². The van der Waals surface area contributed by atoms with Gasteiger partial charge in [0.2, 0.25) is 0 Å². The minimum absolute atomic E-state index is 0.226. The SMILES string of the molecule is COc1ccc(C(C(C)CN)N(C)C)c(OC)c1C. The van der Waals surface area contributed by atoms with E-state index in [-0.39, 0.29) is 6.04 Å². The second-order valence-electron chi connectivity index (χ2n) is 5.14. The highest BCUT2D eigenvalue weighted by Crippen LogP contribution is 2.38. The molecule has 0 saturated carbocycles. The predicted octanol–water partition coefficient (Wildman–Crippen LogP) is 2.21. The van der Waals surface area contributed by atoms with E-state index >= 15 is 0 Å². The molecule has 0 aliphatic carbocycles. The topological polar surface area (TPSA) is 47.7 Å². The maximum Gasteiger partial charge on any atom is 0.130 e. The Balaban J connectivity index is 3.35. The molecule has 2 atom stereocenters. The maximum atomic E-state index is 5.84. The molecule has 1 aromatic carbocycles. The van der Waals surface area contributed by atoms with Crippen molar-refractivity contribution in [2.75, 3.05) is 34.9 Å². The van der Waals surface area contributed by atoms with Crippen LogP contribution in [0.25, 0.3) is 0 Å². The minimum atomic E-state index is 0.226. The van der Waals surface area contributed by atoms with E-state index in [0.717, 1.165) is 22.6 Å². The zero-order valence-corrected chi connectivity index (χ0v) is 12.9. The molecule has 0 bridgehead atoms. The summed E-state index contributed by atoms with van der Waals surface area (Å²) >= 11 is 0. The van der Waals surface area contributed by atoms with Gasteiger partial charge in [0, 0.05) is 17.2 Å². The molecule has 108 valence electrons. The van der Waals surface area contributed by atoms with Crippen LogP contribution in [0.15, 0.2) is 12.1 Å². The van der Waals surface area contributed by atoms with Gasteiger partial charge in [-0.2, -0.15) is 0 Å². The van der Waals surface area contributed by atoms with Crippen LogP contribution in [0.4, 0.5) is 0 Å². The van der Waals surface area contributed by atoms with E-state index in [1.807, 2.05) is 13.0 Å². The largest absolute Gasteiger partial charge is 0.496 e. The van der Waals surface area contributed by atoms with Gasteiger partial charge in [-0.15, -0.1) is 0 Å². The van der Waals surface area contributed by atoms with Crippen molar-refractivity contribution in [3.05, 3.63) is 23.3 Å². The van der Waals surface area contributed by atoms with Crippen LogP contribution in [0.2, 0.25) is 0 Å². The lowest BCUT2D eigenvalue weighted by atomic mass is 9.91. The molecule has 0 amide bonds. The fourth-order valence-electron chi connectivity index (χ4n) is 2.64. The van der Waals surface area contributed by atoms with Crippen molar-refractivity contribution in [1.82, 2.24) is 4.90 Å². The molecule has 0 aliphatic rings. The number of methoxy groups -OCH3 is 2. The molecule has 0 fully saturated rings. The third kappa shape index (κ3) is 3.19. The van der Waals surface area contributed by atoms with Crippen molar-refractivity contribution in [3.8, 4) is 11.5 Å². The maximum absolute atomic E-state index is 5.84. The first kappa shape index (κ1) is 15.8. The minimum Gasteiger partial charge on any atom is -0.496 e. The van der Waals surface area contributed by atoms with Crippen LogP contribution in [0, 0.1) is 12.8 Å². The first-order valence-corrected chi connectivity index (χ1v) is 6.55. The van der Waals surface area contributed by atoms with Gasteiger partial charge in [-0.1, -0.05) is 13.0 Å². The van der Waals surface area contributed by atoms with Gasteiger partial charge in [-0.3, -0.25) is 0 Å². The average molecular weight is 266 g/mol. The molecule has 19 heavy (non-hydrogen) atoms. The first-order chi connectivity index (χ1) is 8.97. The molecule has 2 N–H and O–H groups in total. The third-order valence-electron chi connectivity index (χ3n) is 3.60. The Hall–Kier alpha value is -1.26. The number of hydrogen-bond acceptors (Lipinski definition) is 4. The van der Waals surface area contributed by atoms with Crippen molar-refractivity contribution < 1.29 is 9.47 Å². The van der Waals surface area contributed by atoms with Crippen LogP contribution < -0.4 is 15.2 Å². The standard InChI is InChI=1S/C15H26N2O2/c1-10(9-16)14(17(3)4)12-7-8-13(18-5)11(2)15(12)19-6/h7-8,10,14H,9,16H2,1-6H3. The van der Waals surface area contributed by atoms with Gasteiger partial charge in [-0.25, -0.2) is 0 Å². The van der Waals surface area contributed by atoms with E-state index in [1.54, 1.807) is 14.2 Å². The van der Waals surface area contributed by atoms with Crippen molar-refractivity contribution in [2.24, 2.45) is 11.7 Å². The summed E-state index contributed by atoms with van der Waals surface area (Å²) in [6, 6.07) is 4.29. The van der Waals surface area contributed by atoms with E-state index in [9.17, 15) is 0 Å². The summed E-state index contributed by atoms with van der Waals surface area (Å²) in [6.07, 6.45) is 0. The molecule has 0 spiro atoms. The Morgan fingerprint density at radius 2 is 1.84 bits per heavy atom. The van der Waals surface area contributed by atoms with E-state index in [1.165, 1.54) is 0 Å². The quantitative estimate of drug-likeness (QED) is 0.857. The van der Waals surface area contributed by atoms with E-state index in [4.69, 9.17) is 15.2 Å². The predicted molar refractivity (Wildman–Crippen MR) is 78.9 cm³/mol. The smallest absolute Gasteiger partial charge is 0.130 e. The van der Waals surface area contributed by atoms with E-state index in [2.05, 4.69) is 32.0 Å². The molecule has 4 heteroatoms. The van der Waals surface area contributed by atoms with Gasteiger partial charge in [0.25, 0.3) is 0 Å². The van der Waals surface area contributed by atoms with Gasteiger partial charge in [0.1, 0.15) is 11.5 Å². The van der Waals surface area contributed by atoms with Crippen molar-refractivity contribution >= 4 is 0 Å². The Kier molecular flexibility index (Phi) is 5.63. The van der Waals surface area contributed by atoms with Crippen LogP contribution >= 0.6 is 0 Å². The van der Waals surface area contributed by atoms with Crippen molar-refractivity contribution in [1.29, 1.82) is 0 Å². The van der Waals surface area contributed by atoms with Crippen molar-refractivity contribution in [2.45, 2.75) is 19.9 Å². The molecular weight excluding hydrogens is 240 g/mol. The Morgan fingerprint density at radius 3 is 2.26 bits per heavy atom. The first-order valence-electron chi connectivity index (χ1n) is 6.55. The fourth-order valence-corrected chi connectivity index (χ4v) is 2.64. The van der Waals surface area contributed by atoms with Crippen molar-refractivity contribution in [3.63, 3.8) is 0 Å². The molecule has 1 rings (SSSR count). The number of hydrogen-bond donors (Lipinski definition) is 1. The normalized spacial score (nSPS) is 14.3. The summed E-state index contributed by atoms with van der Waals surface area (Å²) in [4.78, 5) is 2.18. The molecule has 4 nitrogen and oxygen atoms in total. The Bertz CT molecular complexity index is 419. The molecular formula is C15H26N2O2. The highest BCUT2D eigenvalue weighted by molar-refractivity contribution is 5.50. The summed E-state index contributed by atoms with van der Waals surface area (Å²) in [5, 5.41) is 0. The van der Waals surface area contributed by atoms with Crippen LogP contribution in [-0.2, 0) is 0 Å². The van der Waals surface area contributed by atoms with Gasteiger partial charge in [0.15, 0.2) is 0 Å². The third-order valence-corrected chi connectivity index (χ3v) is 3.60. The monoisotopic (exact) mass is 266 g/mol. The molecule has 0 aliphatic heterocycles. The lowest BCUT2D eigenvalue weighted by Gasteiger charge is -2.31. The van der Waals surface area contributed by atoms with E-state index < -0.39 is 0 Å². The Morgan fingerprint density at radius 1 is 1.21 bits per heavy atom. The summed E-state index contributed by atoms with van der Waals surface area (Å²) < 4.78 is 10.9. The van der Waals surface area contributed by atoms with Gasteiger partial charge in [0.05, 0.1) is 14.2 Å². The number of benzene rings is 1. The lowest BCUT2D eigenvalue weighted by molar-refractivity contribution is 0.221. The molecule has 0 aromatic heterocycles.